The van der Waals surface area contributed by atoms with Crippen LogP contribution in [0.3, 0.4) is 0 Å². The number of pyridine rings is 1. The summed E-state index contributed by atoms with van der Waals surface area (Å²) in [4.78, 5) is 17.1. The number of aryl methyl sites for hydroxylation is 1. The summed E-state index contributed by atoms with van der Waals surface area (Å²) in [7, 11) is 0. The zero-order valence-electron chi connectivity index (χ0n) is 17.9. The van der Waals surface area contributed by atoms with Gasteiger partial charge in [0.1, 0.15) is 18.2 Å². The van der Waals surface area contributed by atoms with Crippen molar-refractivity contribution in [1.82, 2.24) is 20.1 Å². The summed E-state index contributed by atoms with van der Waals surface area (Å²) in [6, 6.07) is 19.3. The fourth-order valence-electron chi connectivity index (χ4n) is 3.42. The maximum Gasteiger partial charge on any atom is 0.255 e. The Balaban J connectivity index is 1.38. The largest absolute Gasteiger partial charge is 0.487 e. The van der Waals surface area contributed by atoms with Gasteiger partial charge in [0, 0.05) is 12.7 Å². The van der Waals surface area contributed by atoms with Crippen LogP contribution in [-0.4, -0.2) is 20.7 Å². The van der Waals surface area contributed by atoms with Crippen molar-refractivity contribution in [3.05, 3.63) is 107 Å². The van der Waals surface area contributed by atoms with Crippen molar-refractivity contribution in [1.29, 1.82) is 0 Å². The first kappa shape index (κ1) is 21.2. The molecule has 0 saturated heterocycles. The van der Waals surface area contributed by atoms with Gasteiger partial charge in [-0.15, -0.1) is 0 Å². The molecule has 0 bridgehead atoms. The first-order valence-electron chi connectivity index (χ1n) is 10.2. The lowest BCUT2D eigenvalue weighted by Crippen LogP contribution is -2.24. The van der Waals surface area contributed by atoms with Crippen LogP contribution >= 0.6 is 0 Å². The van der Waals surface area contributed by atoms with Gasteiger partial charge in [-0.05, 0) is 67.9 Å². The first-order valence-corrected chi connectivity index (χ1v) is 10.2. The van der Waals surface area contributed by atoms with Gasteiger partial charge in [0.25, 0.3) is 5.91 Å². The molecule has 0 spiro atoms. The Kier molecular flexibility index (Phi) is 6.26. The SMILES string of the molecule is Cc1nn(-c2ccc(F)cc2)c(C)c1C(=O)NCc1ccc(OCc2ccccn2)cc1. The number of nitrogens with zero attached hydrogens (tertiary/aromatic N) is 3. The highest BCUT2D eigenvalue weighted by Crippen LogP contribution is 2.19. The lowest BCUT2D eigenvalue weighted by atomic mass is 10.1. The van der Waals surface area contributed by atoms with Crippen LogP contribution in [-0.2, 0) is 13.2 Å². The highest BCUT2D eigenvalue weighted by Gasteiger charge is 2.19. The van der Waals surface area contributed by atoms with Gasteiger partial charge in [0.2, 0.25) is 0 Å². The number of hydrogen-bond acceptors (Lipinski definition) is 4. The number of nitrogens with one attached hydrogen (secondary N) is 1. The Morgan fingerprint density at radius 1 is 1.03 bits per heavy atom. The quantitative estimate of drug-likeness (QED) is 0.468. The predicted octanol–water partition coefficient (Wildman–Crippen LogP) is 4.53. The summed E-state index contributed by atoms with van der Waals surface area (Å²) in [6.45, 7) is 4.38. The molecular formula is C25H23FN4O2. The van der Waals surface area contributed by atoms with Gasteiger partial charge in [-0.1, -0.05) is 18.2 Å². The number of halogens is 1. The van der Waals surface area contributed by atoms with Crippen molar-refractivity contribution in [2.24, 2.45) is 0 Å². The average molecular weight is 430 g/mol. The molecule has 32 heavy (non-hydrogen) atoms. The third-order valence-corrected chi connectivity index (χ3v) is 5.08. The molecule has 4 aromatic rings. The average Bonchev–Trinajstić information content (AvgIpc) is 3.12. The summed E-state index contributed by atoms with van der Waals surface area (Å²) in [5.41, 5.74) is 4.34. The van der Waals surface area contributed by atoms with Crippen molar-refractivity contribution in [2.75, 3.05) is 0 Å². The maximum atomic E-state index is 13.2. The van der Waals surface area contributed by atoms with E-state index in [0.29, 0.717) is 35.8 Å². The second kappa shape index (κ2) is 9.43. The molecule has 0 saturated carbocycles. The Labute approximate surface area is 185 Å². The van der Waals surface area contributed by atoms with Gasteiger partial charge in [-0.25, -0.2) is 9.07 Å². The Bertz CT molecular complexity index is 1200. The van der Waals surface area contributed by atoms with Crippen molar-refractivity contribution in [3.8, 4) is 11.4 Å². The van der Waals surface area contributed by atoms with Crippen LogP contribution in [0.1, 0.15) is 33.0 Å². The third kappa shape index (κ3) is 4.83. The van der Waals surface area contributed by atoms with Crippen LogP contribution in [0, 0.1) is 19.7 Å². The molecule has 0 unspecified atom stereocenters. The predicted molar refractivity (Wildman–Crippen MR) is 119 cm³/mol. The van der Waals surface area contributed by atoms with Crippen molar-refractivity contribution >= 4 is 5.91 Å². The summed E-state index contributed by atoms with van der Waals surface area (Å²) in [5.74, 6) is 0.211. The molecule has 2 heterocycles. The molecule has 4 rings (SSSR count). The number of carbonyl (C=O) groups is 1. The van der Waals surface area contributed by atoms with Gasteiger partial charge in [0.15, 0.2) is 0 Å². The smallest absolute Gasteiger partial charge is 0.255 e. The monoisotopic (exact) mass is 430 g/mol. The van der Waals surface area contributed by atoms with Crippen LogP contribution in [0.5, 0.6) is 5.75 Å². The summed E-state index contributed by atoms with van der Waals surface area (Å²) in [6.07, 6.45) is 1.73. The molecule has 0 aliphatic heterocycles. The van der Waals surface area contributed by atoms with E-state index in [-0.39, 0.29) is 11.7 Å². The van der Waals surface area contributed by atoms with Gasteiger partial charge in [-0.2, -0.15) is 5.10 Å². The van der Waals surface area contributed by atoms with E-state index in [9.17, 15) is 9.18 Å². The van der Waals surface area contributed by atoms with E-state index < -0.39 is 0 Å². The fraction of sp³-hybridized carbons (Fsp3) is 0.160. The highest BCUT2D eigenvalue weighted by atomic mass is 19.1. The number of hydrogen-bond donors (Lipinski definition) is 1. The van der Waals surface area contributed by atoms with Gasteiger partial charge in [-0.3, -0.25) is 9.78 Å². The topological polar surface area (TPSA) is 69.0 Å². The normalized spacial score (nSPS) is 10.7. The Morgan fingerprint density at radius 2 is 1.78 bits per heavy atom. The Morgan fingerprint density at radius 3 is 2.47 bits per heavy atom. The van der Waals surface area contributed by atoms with Crippen LogP contribution in [0.4, 0.5) is 4.39 Å². The second-order valence-corrected chi connectivity index (χ2v) is 7.37. The van der Waals surface area contributed by atoms with E-state index in [1.807, 2.05) is 49.4 Å². The van der Waals surface area contributed by atoms with Crippen LogP contribution < -0.4 is 10.1 Å². The minimum absolute atomic E-state index is 0.205. The van der Waals surface area contributed by atoms with Crippen LogP contribution in [0.2, 0.25) is 0 Å². The highest BCUT2D eigenvalue weighted by molar-refractivity contribution is 5.96. The van der Waals surface area contributed by atoms with Gasteiger partial charge in [0.05, 0.1) is 28.3 Å². The zero-order valence-corrected chi connectivity index (χ0v) is 17.9. The molecule has 0 radical (unpaired) electrons. The third-order valence-electron chi connectivity index (χ3n) is 5.08. The standard InChI is InChI=1S/C25H23FN4O2/c1-17-24(18(2)30(29-17)22-10-8-20(26)9-11-22)25(31)28-15-19-6-12-23(13-7-19)32-16-21-5-3-4-14-27-21/h3-14H,15-16H2,1-2H3,(H,28,31). The molecule has 0 fully saturated rings. The molecule has 6 nitrogen and oxygen atoms in total. The van der Waals surface area contributed by atoms with Crippen molar-refractivity contribution in [3.63, 3.8) is 0 Å². The molecule has 162 valence electrons. The van der Waals surface area contributed by atoms with E-state index in [1.54, 1.807) is 29.9 Å². The van der Waals surface area contributed by atoms with E-state index in [4.69, 9.17) is 4.74 Å². The molecule has 0 aliphatic rings. The number of aromatic nitrogens is 3. The Hall–Kier alpha value is -4.00. The first-order chi connectivity index (χ1) is 15.5. The van der Waals surface area contributed by atoms with Crippen LogP contribution in [0.15, 0.2) is 72.9 Å². The van der Waals surface area contributed by atoms with Crippen molar-refractivity contribution < 1.29 is 13.9 Å². The molecule has 7 heteroatoms. The molecule has 1 N–H and O–H groups in total. The molecular weight excluding hydrogens is 407 g/mol. The number of benzene rings is 2. The lowest BCUT2D eigenvalue weighted by molar-refractivity contribution is 0.0949. The molecule has 1 amide bonds. The number of carbonyl (C=O) groups excluding carboxylic acids is 1. The van der Waals surface area contributed by atoms with E-state index >= 15 is 0 Å². The maximum absolute atomic E-state index is 13.2. The second-order valence-electron chi connectivity index (χ2n) is 7.37. The number of rotatable bonds is 7. The van der Waals surface area contributed by atoms with E-state index in [1.165, 1.54) is 12.1 Å². The molecule has 2 aromatic carbocycles. The van der Waals surface area contributed by atoms with E-state index in [0.717, 1.165) is 17.0 Å². The molecule has 2 aromatic heterocycles. The lowest BCUT2D eigenvalue weighted by Gasteiger charge is -2.09. The van der Waals surface area contributed by atoms with Gasteiger partial charge < -0.3 is 10.1 Å². The van der Waals surface area contributed by atoms with Gasteiger partial charge >= 0.3 is 0 Å². The van der Waals surface area contributed by atoms with Crippen LogP contribution in [0.25, 0.3) is 5.69 Å². The minimum atomic E-state index is -0.318. The minimum Gasteiger partial charge on any atom is -0.487 e. The number of ether oxygens (including phenoxy) is 1. The summed E-state index contributed by atoms with van der Waals surface area (Å²) in [5, 5.41) is 7.40. The van der Waals surface area contributed by atoms with E-state index in [2.05, 4.69) is 15.4 Å². The molecule has 0 atom stereocenters. The fourth-order valence-corrected chi connectivity index (χ4v) is 3.42. The number of amides is 1. The van der Waals surface area contributed by atoms with Crippen molar-refractivity contribution in [2.45, 2.75) is 27.0 Å². The zero-order chi connectivity index (χ0) is 22.5. The summed E-state index contributed by atoms with van der Waals surface area (Å²) >= 11 is 0. The summed E-state index contributed by atoms with van der Waals surface area (Å²) < 4.78 is 20.6. The molecule has 0 aliphatic carbocycles.